The lowest BCUT2D eigenvalue weighted by atomic mass is 9.74. The highest BCUT2D eigenvalue weighted by molar-refractivity contribution is 5.69. The van der Waals surface area contributed by atoms with Crippen LogP contribution in [-0.2, 0) is 6.54 Å². The summed E-state index contributed by atoms with van der Waals surface area (Å²) in [6.07, 6.45) is 10.5. The lowest BCUT2D eigenvalue weighted by Crippen LogP contribution is -2.67. The number of benzene rings is 2. The van der Waals surface area contributed by atoms with Crippen molar-refractivity contribution in [3.8, 4) is 0 Å². The molecule has 4 nitrogen and oxygen atoms in total. The van der Waals surface area contributed by atoms with Crippen LogP contribution in [0.3, 0.4) is 0 Å². The molecule has 33 heavy (non-hydrogen) atoms. The van der Waals surface area contributed by atoms with Gasteiger partial charge in [-0.2, -0.15) is 0 Å². The van der Waals surface area contributed by atoms with Crippen LogP contribution in [0.15, 0.2) is 79.1 Å². The van der Waals surface area contributed by atoms with Gasteiger partial charge in [0.25, 0.3) is 0 Å². The minimum Gasteiger partial charge on any atom is -0.395 e. The van der Waals surface area contributed by atoms with E-state index in [1.54, 1.807) is 0 Å². The normalized spacial score (nSPS) is 24.1. The van der Waals surface area contributed by atoms with Crippen LogP contribution in [0.1, 0.15) is 41.0 Å². The van der Waals surface area contributed by atoms with E-state index in [9.17, 15) is 5.11 Å². The number of aliphatic hydroxyl groups excluding tert-OH is 1. The standard InChI is InChI=1S/C29H33N3O/c33-22-28-29(26-12-10-24(11-13-26)9-8-23-6-2-1-3-7-23)27-21-31(18-4-5-19-32(27)28)20-25-14-16-30-17-15-25/h1-3,6-17,27-29,33H,4-5,18-22H2/b9-8+/t27-,28-,29+/m1/s1. The van der Waals surface area contributed by atoms with Gasteiger partial charge in [-0.1, -0.05) is 66.7 Å². The van der Waals surface area contributed by atoms with E-state index in [1.807, 2.05) is 18.5 Å². The fourth-order valence-corrected chi connectivity index (χ4v) is 5.49. The van der Waals surface area contributed by atoms with Crippen molar-refractivity contribution in [1.29, 1.82) is 0 Å². The molecule has 4 heteroatoms. The molecule has 3 heterocycles. The van der Waals surface area contributed by atoms with Crippen LogP contribution in [0.2, 0.25) is 0 Å². The quantitative estimate of drug-likeness (QED) is 0.566. The first-order valence-electron chi connectivity index (χ1n) is 12.1. The molecule has 0 saturated carbocycles. The Morgan fingerprint density at radius 3 is 2.27 bits per heavy atom. The third-order valence-corrected chi connectivity index (χ3v) is 7.20. The minimum absolute atomic E-state index is 0.223. The molecule has 5 rings (SSSR count). The molecule has 0 spiro atoms. The van der Waals surface area contributed by atoms with Crippen molar-refractivity contribution in [2.24, 2.45) is 0 Å². The molecule has 2 aliphatic heterocycles. The lowest BCUT2D eigenvalue weighted by molar-refractivity contribution is -0.0655. The summed E-state index contributed by atoms with van der Waals surface area (Å²) < 4.78 is 0. The van der Waals surface area contributed by atoms with Crippen molar-refractivity contribution in [1.82, 2.24) is 14.8 Å². The summed E-state index contributed by atoms with van der Waals surface area (Å²) in [5.74, 6) is 0.375. The summed E-state index contributed by atoms with van der Waals surface area (Å²) in [6.45, 7) is 4.45. The van der Waals surface area contributed by atoms with Crippen molar-refractivity contribution >= 4 is 12.2 Å². The lowest BCUT2D eigenvalue weighted by Gasteiger charge is -2.57. The molecule has 2 aromatic carbocycles. The van der Waals surface area contributed by atoms with Gasteiger partial charge in [-0.15, -0.1) is 0 Å². The Morgan fingerprint density at radius 2 is 1.55 bits per heavy atom. The maximum atomic E-state index is 10.2. The fraction of sp³-hybridized carbons (Fsp3) is 0.345. The second kappa shape index (κ2) is 10.4. The van der Waals surface area contributed by atoms with Gasteiger partial charge >= 0.3 is 0 Å². The van der Waals surface area contributed by atoms with Gasteiger partial charge in [-0.3, -0.25) is 14.8 Å². The zero-order valence-corrected chi connectivity index (χ0v) is 19.1. The summed E-state index contributed by atoms with van der Waals surface area (Å²) in [6, 6.07) is 24.3. The topological polar surface area (TPSA) is 39.6 Å². The number of hydrogen-bond donors (Lipinski definition) is 1. The SMILES string of the molecule is OC[C@@H]1[C@@H](c2ccc(/C=C/c3ccccc3)cc2)[C@H]2CN(Cc3ccncc3)CCCCN12. The van der Waals surface area contributed by atoms with Crippen LogP contribution in [-0.4, -0.2) is 58.2 Å². The molecule has 3 aromatic rings. The molecule has 2 saturated heterocycles. The Balaban J connectivity index is 1.31. The largest absolute Gasteiger partial charge is 0.395 e. The van der Waals surface area contributed by atoms with E-state index in [2.05, 4.69) is 87.6 Å². The highest BCUT2D eigenvalue weighted by atomic mass is 16.3. The van der Waals surface area contributed by atoms with Gasteiger partial charge in [0, 0.05) is 43.5 Å². The van der Waals surface area contributed by atoms with Crippen LogP contribution in [0.25, 0.3) is 12.2 Å². The highest BCUT2D eigenvalue weighted by Gasteiger charge is 2.48. The zero-order chi connectivity index (χ0) is 22.5. The Morgan fingerprint density at radius 1 is 0.848 bits per heavy atom. The van der Waals surface area contributed by atoms with Crippen LogP contribution >= 0.6 is 0 Å². The molecular formula is C29H33N3O. The molecule has 0 bridgehead atoms. The average Bonchev–Trinajstić information content (AvgIpc) is 2.85. The molecule has 170 valence electrons. The van der Waals surface area contributed by atoms with Crippen molar-refractivity contribution in [2.75, 3.05) is 26.2 Å². The van der Waals surface area contributed by atoms with Crippen LogP contribution in [0, 0.1) is 0 Å². The summed E-state index contributed by atoms with van der Waals surface area (Å²) >= 11 is 0. The summed E-state index contributed by atoms with van der Waals surface area (Å²) in [5, 5.41) is 10.2. The predicted octanol–water partition coefficient (Wildman–Crippen LogP) is 4.68. The van der Waals surface area contributed by atoms with Crippen molar-refractivity contribution in [3.63, 3.8) is 0 Å². The van der Waals surface area contributed by atoms with Crippen LogP contribution < -0.4 is 0 Å². The van der Waals surface area contributed by atoms with E-state index >= 15 is 0 Å². The first-order valence-corrected chi connectivity index (χ1v) is 12.1. The van der Waals surface area contributed by atoms with Gasteiger partial charge in [-0.25, -0.2) is 0 Å². The Labute approximate surface area is 197 Å². The van der Waals surface area contributed by atoms with E-state index < -0.39 is 0 Å². The number of nitrogens with zero attached hydrogens (tertiary/aromatic N) is 3. The second-order valence-electron chi connectivity index (χ2n) is 9.29. The molecular weight excluding hydrogens is 406 g/mol. The number of fused-ring (bicyclic) bond motifs is 1. The van der Waals surface area contributed by atoms with E-state index in [4.69, 9.17) is 0 Å². The maximum absolute atomic E-state index is 10.2. The molecule has 1 N–H and O–H groups in total. The molecule has 0 radical (unpaired) electrons. The molecule has 1 aromatic heterocycles. The summed E-state index contributed by atoms with van der Waals surface area (Å²) in [7, 11) is 0. The average molecular weight is 440 g/mol. The number of aromatic nitrogens is 1. The molecule has 3 atom stereocenters. The van der Waals surface area contributed by atoms with Gasteiger partial charge < -0.3 is 5.11 Å². The third kappa shape index (κ3) is 5.09. The number of pyridine rings is 1. The number of hydrogen-bond acceptors (Lipinski definition) is 4. The Bertz CT molecular complexity index is 1040. The van der Waals surface area contributed by atoms with E-state index in [-0.39, 0.29) is 12.6 Å². The number of rotatable bonds is 6. The van der Waals surface area contributed by atoms with E-state index in [0.29, 0.717) is 12.0 Å². The first kappa shape index (κ1) is 22.0. The second-order valence-corrected chi connectivity index (χ2v) is 9.29. The zero-order valence-electron chi connectivity index (χ0n) is 19.1. The molecule has 0 unspecified atom stereocenters. The maximum Gasteiger partial charge on any atom is 0.0593 e. The Hall–Kier alpha value is -2.79. The third-order valence-electron chi connectivity index (χ3n) is 7.20. The summed E-state index contributed by atoms with van der Waals surface area (Å²) in [4.78, 5) is 9.30. The van der Waals surface area contributed by atoms with Gasteiger partial charge in [0.05, 0.1) is 6.61 Å². The van der Waals surface area contributed by atoms with Crippen molar-refractivity contribution in [3.05, 3.63) is 101 Å². The van der Waals surface area contributed by atoms with Crippen LogP contribution in [0.4, 0.5) is 0 Å². The smallest absolute Gasteiger partial charge is 0.0593 e. The number of aliphatic hydroxyl groups is 1. The van der Waals surface area contributed by atoms with Crippen molar-refractivity contribution in [2.45, 2.75) is 37.4 Å². The monoisotopic (exact) mass is 439 g/mol. The van der Waals surface area contributed by atoms with Crippen molar-refractivity contribution < 1.29 is 5.11 Å². The van der Waals surface area contributed by atoms with Gasteiger partial charge in [0.15, 0.2) is 0 Å². The first-order chi connectivity index (χ1) is 16.3. The van der Waals surface area contributed by atoms with E-state index in [0.717, 1.165) is 26.2 Å². The molecule has 2 aliphatic rings. The molecule has 0 aliphatic carbocycles. The molecule has 2 fully saturated rings. The minimum atomic E-state index is 0.223. The van der Waals surface area contributed by atoms with Crippen LogP contribution in [0.5, 0.6) is 0 Å². The van der Waals surface area contributed by atoms with Gasteiger partial charge in [0.2, 0.25) is 0 Å². The fourth-order valence-electron chi connectivity index (χ4n) is 5.49. The van der Waals surface area contributed by atoms with Gasteiger partial charge in [0.1, 0.15) is 0 Å². The van der Waals surface area contributed by atoms with E-state index in [1.165, 1.54) is 35.1 Å². The molecule has 0 amide bonds. The highest BCUT2D eigenvalue weighted by Crippen LogP contribution is 2.42. The predicted molar refractivity (Wildman–Crippen MR) is 135 cm³/mol. The summed E-state index contributed by atoms with van der Waals surface area (Å²) in [5.41, 5.74) is 5.08. The van der Waals surface area contributed by atoms with Gasteiger partial charge in [-0.05, 0) is 60.3 Å². The Kier molecular flexibility index (Phi) is 6.96.